The van der Waals surface area contributed by atoms with Crippen molar-refractivity contribution in [3.8, 4) is 0 Å². The van der Waals surface area contributed by atoms with Gasteiger partial charge in [0.1, 0.15) is 5.38 Å². The van der Waals surface area contributed by atoms with Crippen LogP contribution in [-0.4, -0.2) is 65.8 Å². The van der Waals surface area contributed by atoms with E-state index in [1.54, 1.807) is 0 Å². The van der Waals surface area contributed by atoms with Gasteiger partial charge in [0, 0.05) is 32.2 Å². The molecule has 2 saturated carbocycles. The number of carbonyl (C=O) groups excluding carboxylic acids is 2. The summed E-state index contributed by atoms with van der Waals surface area (Å²) in [6.07, 6.45) is 12.5. The van der Waals surface area contributed by atoms with Gasteiger partial charge in [-0.25, -0.2) is 5.43 Å². The minimum atomic E-state index is -0.601. The van der Waals surface area contributed by atoms with E-state index < -0.39 is 5.38 Å². The predicted molar refractivity (Wildman–Crippen MR) is 110 cm³/mol. The Bertz CT molecular complexity index is 561. The number of rotatable bonds is 4. The molecule has 4 aliphatic rings. The van der Waals surface area contributed by atoms with Gasteiger partial charge in [0.25, 0.3) is 5.91 Å². The molecule has 2 N–H and O–H groups in total. The van der Waals surface area contributed by atoms with Gasteiger partial charge in [0.15, 0.2) is 0 Å². The molecule has 6 nitrogen and oxygen atoms in total. The van der Waals surface area contributed by atoms with Crippen LogP contribution in [0.4, 0.5) is 0 Å². The van der Waals surface area contributed by atoms with Crippen molar-refractivity contribution in [1.29, 1.82) is 0 Å². The van der Waals surface area contributed by atoms with Gasteiger partial charge in [0.2, 0.25) is 5.91 Å². The van der Waals surface area contributed by atoms with E-state index in [9.17, 15) is 9.59 Å². The highest BCUT2D eigenvalue weighted by Gasteiger charge is 2.38. The Kier molecular flexibility index (Phi) is 6.79. The maximum atomic E-state index is 12.7. The van der Waals surface area contributed by atoms with E-state index in [1.165, 1.54) is 57.8 Å². The summed E-state index contributed by atoms with van der Waals surface area (Å²) in [5.41, 5.74) is 5.44. The zero-order valence-electron chi connectivity index (χ0n) is 16.9. The number of piperazine rings is 1. The first-order chi connectivity index (χ1) is 13.6. The average molecular weight is 411 g/mol. The molecule has 2 atom stereocenters. The first-order valence-corrected chi connectivity index (χ1v) is 11.7. The van der Waals surface area contributed by atoms with Crippen LogP contribution in [0.3, 0.4) is 0 Å². The van der Waals surface area contributed by atoms with E-state index in [-0.39, 0.29) is 17.9 Å². The zero-order chi connectivity index (χ0) is 19.5. The van der Waals surface area contributed by atoms with Crippen LogP contribution in [-0.2, 0) is 9.59 Å². The number of alkyl halides is 1. The minimum Gasteiger partial charge on any atom is -0.340 e. The fourth-order valence-electron chi connectivity index (χ4n) is 5.87. The lowest BCUT2D eigenvalue weighted by Gasteiger charge is -2.43. The fraction of sp³-hybridized carbons (Fsp3) is 0.905. The van der Waals surface area contributed by atoms with E-state index in [4.69, 9.17) is 11.6 Å². The highest BCUT2D eigenvalue weighted by Crippen LogP contribution is 2.40. The van der Waals surface area contributed by atoms with Crippen molar-refractivity contribution < 1.29 is 9.59 Å². The van der Waals surface area contributed by atoms with Gasteiger partial charge in [-0.1, -0.05) is 32.1 Å². The maximum Gasteiger partial charge on any atom is 0.253 e. The molecule has 2 unspecified atom stereocenters. The van der Waals surface area contributed by atoms with Crippen molar-refractivity contribution in [1.82, 2.24) is 20.7 Å². The molecular weight excluding hydrogens is 376 g/mol. The molecule has 2 aliphatic carbocycles. The maximum absolute atomic E-state index is 12.7. The smallest absolute Gasteiger partial charge is 0.253 e. The van der Waals surface area contributed by atoms with Crippen LogP contribution in [0.15, 0.2) is 0 Å². The number of hydrogen-bond acceptors (Lipinski definition) is 4. The number of hydrogen-bond donors (Lipinski definition) is 2. The van der Waals surface area contributed by atoms with Crippen molar-refractivity contribution in [2.45, 2.75) is 69.2 Å². The normalized spacial score (nSPS) is 36.4. The van der Waals surface area contributed by atoms with E-state index in [2.05, 4.69) is 20.7 Å². The number of halogens is 1. The highest BCUT2D eigenvalue weighted by atomic mass is 35.5. The SMILES string of the molecule is O=C1NNCC(N2CCN(CC3CCC(C4CCCCC4)CC3)C(=O)C2)C1Cl. The molecule has 0 radical (unpaired) electrons. The molecule has 0 aromatic heterocycles. The third-order valence-electron chi connectivity index (χ3n) is 7.61. The molecule has 28 heavy (non-hydrogen) atoms. The molecule has 4 rings (SSSR count). The second kappa shape index (κ2) is 9.31. The van der Waals surface area contributed by atoms with E-state index in [0.717, 1.165) is 31.5 Å². The second-order valence-corrected chi connectivity index (χ2v) is 9.80. The van der Waals surface area contributed by atoms with Crippen molar-refractivity contribution >= 4 is 23.4 Å². The first kappa shape index (κ1) is 20.4. The quantitative estimate of drug-likeness (QED) is 0.697. The Morgan fingerprint density at radius 1 is 0.929 bits per heavy atom. The van der Waals surface area contributed by atoms with Crippen LogP contribution < -0.4 is 10.9 Å². The van der Waals surface area contributed by atoms with Crippen LogP contribution in [0.2, 0.25) is 0 Å². The first-order valence-electron chi connectivity index (χ1n) is 11.3. The Labute approximate surface area is 173 Å². The number of nitrogens with one attached hydrogen (secondary N) is 2. The van der Waals surface area contributed by atoms with Crippen molar-refractivity contribution in [3.63, 3.8) is 0 Å². The molecule has 4 fully saturated rings. The Morgan fingerprint density at radius 2 is 1.64 bits per heavy atom. The van der Waals surface area contributed by atoms with Gasteiger partial charge in [-0.2, -0.15) is 0 Å². The third kappa shape index (κ3) is 4.65. The fourth-order valence-corrected chi connectivity index (χ4v) is 6.17. The molecule has 0 aromatic rings. The van der Waals surface area contributed by atoms with Crippen LogP contribution in [0.1, 0.15) is 57.8 Å². The molecule has 0 aromatic carbocycles. The molecule has 2 aliphatic heterocycles. The third-order valence-corrected chi connectivity index (χ3v) is 8.10. The number of carbonyl (C=O) groups is 2. The van der Waals surface area contributed by atoms with Crippen LogP contribution in [0.5, 0.6) is 0 Å². The molecule has 0 bridgehead atoms. The van der Waals surface area contributed by atoms with Crippen LogP contribution >= 0.6 is 11.6 Å². The van der Waals surface area contributed by atoms with Gasteiger partial charge in [-0.05, 0) is 43.4 Å². The van der Waals surface area contributed by atoms with E-state index >= 15 is 0 Å². The summed E-state index contributed by atoms with van der Waals surface area (Å²) in [7, 11) is 0. The standard InChI is InChI=1S/C21H35ClN4O2/c22-20-18(12-23-24-21(20)28)25-10-11-26(19(27)14-25)13-15-6-8-17(9-7-15)16-4-2-1-3-5-16/h15-18,20,23H,1-14H2,(H,24,28). The molecular formula is C21H35ClN4O2. The lowest BCUT2D eigenvalue weighted by atomic mass is 9.71. The van der Waals surface area contributed by atoms with Gasteiger partial charge in [-0.15, -0.1) is 11.6 Å². The molecule has 2 saturated heterocycles. The van der Waals surface area contributed by atoms with Crippen molar-refractivity contribution in [3.05, 3.63) is 0 Å². The summed E-state index contributed by atoms with van der Waals surface area (Å²) in [4.78, 5) is 28.6. The summed E-state index contributed by atoms with van der Waals surface area (Å²) in [6.45, 7) is 3.42. The van der Waals surface area contributed by atoms with Crippen molar-refractivity contribution in [2.75, 3.05) is 32.7 Å². The van der Waals surface area contributed by atoms with Crippen molar-refractivity contribution in [2.24, 2.45) is 17.8 Å². The Balaban J connectivity index is 1.22. The number of nitrogens with zero attached hydrogens (tertiary/aromatic N) is 2. The number of amides is 2. The summed E-state index contributed by atoms with van der Waals surface area (Å²) in [5, 5.41) is -0.601. The Hall–Kier alpha value is -0.850. The highest BCUT2D eigenvalue weighted by molar-refractivity contribution is 6.31. The molecule has 158 valence electrons. The van der Waals surface area contributed by atoms with Crippen LogP contribution in [0, 0.1) is 17.8 Å². The number of hydrazine groups is 1. The van der Waals surface area contributed by atoms with Gasteiger partial charge in [0.05, 0.1) is 6.54 Å². The molecule has 2 amide bonds. The minimum absolute atomic E-state index is 0.118. The van der Waals surface area contributed by atoms with Gasteiger partial charge in [-0.3, -0.25) is 19.9 Å². The lowest BCUT2D eigenvalue weighted by molar-refractivity contribution is -0.139. The van der Waals surface area contributed by atoms with E-state index in [0.29, 0.717) is 19.0 Å². The molecule has 7 heteroatoms. The van der Waals surface area contributed by atoms with Gasteiger partial charge >= 0.3 is 0 Å². The van der Waals surface area contributed by atoms with Gasteiger partial charge < -0.3 is 4.90 Å². The second-order valence-electron chi connectivity index (χ2n) is 9.33. The average Bonchev–Trinajstić information content (AvgIpc) is 2.73. The monoisotopic (exact) mass is 410 g/mol. The summed E-state index contributed by atoms with van der Waals surface area (Å²) >= 11 is 6.27. The van der Waals surface area contributed by atoms with E-state index in [1.807, 2.05) is 0 Å². The topological polar surface area (TPSA) is 64.7 Å². The zero-order valence-corrected chi connectivity index (χ0v) is 17.6. The molecule has 0 spiro atoms. The largest absolute Gasteiger partial charge is 0.340 e. The summed E-state index contributed by atoms with van der Waals surface area (Å²) in [5.74, 6) is 2.57. The predicted octanol–water partition coefficient (Wildman–Crippen LogP) is 2.13. The summed E-state index contributed by atoms with van der Waals surface area (Å²) in [6, 6.07) is -0.118. The molecule has 2 heterocycles. The lowest BCUT2D eigenvalue weighted by Crippen LogP contribution is -2.65. The van der Waals surface area contributed by atoms with Crippen LogP contribution in [0.25, 0.3) is 0 Å². The summed E-state index contributed by atoms with van der Waals surface area (Å²) < 4.78 is 0. The Morgan fingerprint density at radius 3 is 2.36 bits per heavy atom.